The third-order valence-corrected chi connectivity index (χ3v) is 3.03. The van der Waals surface area contributed by atoms with Gasteiger partial charge in [-0.3, -0.25) is 4.99 Å². The Morgan fingerprint density at radius 1 is 1.00 bits per heavy atom. The van der Waals surface area contributed by atoms with Crippen LogP contribution in [0.1, 0.15) is 5.69 Å². The van der Waals surface area contributed by atoms with Crippen LogP contribution in [0.2, 0.25) is 0 Å². The van der Waals surface area contributed by atoms with E-state index in [0.717, 1.165) is 22.7 Å². The van der Waals surface area contributed by atoms with Gasteiger partial charge in [0, 0.05) is 5.56 Å². The molecule has 0 aliphatic carbocycles. The van der Waals surface area contributed by atoms with Gasteiger partial charge in [-0.25, -0.2) is 0 Å². The number of rotatable bonds is 4. The van der Waals surface area contributed by atoms with Crippen molar-refractivity contribution in [2.24, 2.45) is 4.99 Å². The van der Waals surface area contributed by atoms with Gasteiger partial charge in [0.2, 0.25) is 0 Å². The van der Waals surface area contributed by atoms with E-state index in [0.29, 0.717) is 5.69 Å². The van der Waals surface area contributed by atoms with E-state index in [2.05, 4.69) is 20.4 Å². The maximum absolute atomic E-state index is 5.12. The molecule has 1 heterocycles. The number of ether oxygens (including phenoxy) is 1. The van der Waals surface area contributed by atoms with Crippen molar-refractivity contribution in [3.05, 3.63) is 60.3 Å². The molecule has 3 rings (SSSR count). The summed E-state index contributed by atoms with van der Waals surface area (Å²) in [6.45, 7) is 0. The van der Waals surface area contributed by atoms with E-state index in [9.17, 15) is 0 Å². The highest BCUT2D eigenvalue weighted by atomic mass is 16.5. The first kappa shape index (κ1) is 13.1. The first-order valence-electron chi connectivity index (χ1n) is 6.51. The number of H-pyrrole nitrogens is 1. The average molecular weight is 278 g/mol. The quantitative estimate of drug-likeness (QED) is 0.745. The second kappa shape index (κ2) is 6.00. The molecule has 0 bridgehead atoms. The summed E-state index contributed by atoms with van der Waals surface area (Å²) in [4.78, 5) is 4.41. The van der Waals surface area contributed by atoms with Crippen molar-refractivity contribution in [3.63, 3.8) is 0 Å². The molecule has 0 radical (unpaired) electrons. The average Bonchev–Trinajstić information content (AvgIpc) is 3.03. The topological polar surface area (TPSA) is 63.2 Å². The van der Waals surface area contributed by atoms with Crippen LogP contribution in [0.5, 0.6) is 5.75 Å². The fourth-order valence-electron chi connectivity index (χ4n) is 1.94. The van der Waals surface area contributed by atoms with Gasteiger partial charge in [-0.15, -0.1) is 0 Å². The minimum atomic E-state index is 0.706. The highest BCUT2D eigenvalue weighted by Gasteiger charge is 2.07. The molecule has 0 atom stereocenters. The van der Waals surface area contributed by atoms with Gasteiger partial charge in [0.1, 0.15) is 17.1 Å². The Morgan fingerprint density at radius 2 is 1.76 bits per heavy atom. The molecule has 0 aliphatic heterocycles. The third-order valence-electron chi connectivity index (χ3n) is 3.03. The van der Waals surface area contributed by atoms with Crippen molar-refractivity contribution in [1.82, 2.24) is 15.4 Å². The van der Waals surface area contributed by atoms with E-state index in [-0.39, 0.29) is 0 Å². The lowest BCUT2D eigenvalue weighted by atomic mass is 10.1. The summed E-state index contributed by atoms with van der Waals surface area (Å²) in [6.07, 6.45) is 1.70. The van der Waals surface area contributed by atoms with Crippen LogP contribution in [0.25, 0.3) is 11.3 Å². The van der Waals surface area contributed by atoms with Gasteiger partial charge in [-0.2, -0.15) is 15.4 Å². The first-order chi connectivity index (χ1) is 10.4. The summed E-state index contributed by atoms with van der Waals surface area (Å²) in [5, 5.41) is 11.0. The largest absolute Gasteiger partial charge is 0.497 e. The molecule has 0 aliphatic rings. The summed E-state index contributed by atoms with van der Waals surface area (Å²) in [7, 11) is 1.64. The van der Waals surface area contributed by atoms with Crippen molar-refractivity contribution in [2.45, 2.75) is 0 Å². The molecule has 0 amide bonds. The van der Waals surface area contributed by atoms with Crippen LogP contribution in [0.15, 0.2) is 59.6 Å². The summed E-state index contributed by atoms with van der Waals surface area (Å²) in [6, 6.07) is 17.4. The third kappa shape index (κ3) is 2.97. The Bertz CT molecular complexity index is 732. The number of nitrogens with zero attached hydrogens (tertiary/aromatic N) is 3. The molecule has 5 nitrogen and oxygen atoms in total. The van der Waals surface area contributed by atoms with Crippen LogP contribution < -0.4 is 4.74 Å². The SMILES string of the molecule is COc1ccc(N=Cc2n[nH]nc2-c2ccccc2)cc1. The van der Waals surface area contributed by atoms with Gasteiger partial charge < -0.3 is 4.74 Å². The Hall–Kier alpha value is -2.95. The smallest absolute Gasteiger partial charge is 0.131 e. The predicted octanol–water partition coefficient (Wildman–Crippen LogP) is 3.23. The van der Waals surface area contributed by atoms with Crippen LogP contribution in [-0.4, -0.2) is 28.7 Å². The Morgan fingerprint density at radius 3 is 2.48 bits per heavy atom. The van der Waals surface area contributed by atoms with Crippen molar-refractivity contribution in [1.29, 1.82) is 0 Å². The number of aromatic nitrogens is 3. The Balaban J connectivity index is 1.85. The Kier molecular flexibility index (Phi) is 3.73. The molecule has 1 aromatic heterocycles. The minimum absolute atomic E-state index is 0.706. The molecular weight excluding hydrogens is 264 g/mol. The molecule has 0 saturated heterocycles. The molecule has 0 saturated carbocycles. The lowest BCUT2D eigenvalue weighted by Gasteiger charge is -1.99. The van der Waals surface area contributed by atoms with Gasteiger partial charge in [0.05, 0.1) is 19.0 Å². The minimum Gasteiger partial charge on any atom is -0.497 e. The van der Waals surface area contributed by atoms with Crippen molar-refractivity contribution >= 4 is 11.9 Å². The van der Waals surface area contributed by atoms with E-state index in [1.54, 1.807) is 13.3 Å². The van der Waals surface area contributed by atoms with Crippen LogP contribution in [-0.2, 0) is 0 Å². The highest BCUT2D eigenvalue weighted by molar-refractivity contribution is 5.87. The van der Waals surface area contributed by atoms with Crippen LogP contribution in [0.4, 0.5) is 5.69 Å². The molecule has 5 heteroatoms. The lowest BCUT2D eigenvalue weighted by molar-refractivity contribution is 0.415. The first-order valence-corrected chi connectivity index (χ1v) is 6.51. The highest BCUT2D eigenvalue weighted by Crippen LogP contribution is 2.20. The second-order valence-electron chi connectivity index (χ2n) is 4.38. The number of nitrogens with one attached hydrogen (secondary N) is 1. The number of benzene rings is 2. The molecule has 21 heavy (non-hydrogen) atoms. The zero-order valence-corrected chi connectivity index (χ0v) is 11.5. The van der Waals surface area contributed by atoms with Crippen molar-refractivity contribution in [2.75, 3.05) is 7.11 Å². The van der Waals surface area contributed by atoms with Gasteiger partial charge in [0.15, 0.2) is 0 Å². The number of methoxy groups -OCH3 is 1. The molecule has 3 aromatic rings. The molecule has 1 N–H and O–H groups in total. The molecular formula is C16H14N4O. The van der Waals surface area contributed by atoms with Crippen LogP contribution in [0.3, 0.4) is 0 Å². The van der Waals surface area contributed by atoms with Crippen LogP contribution in [0, 0.1) is 0 Å². The van der Waals surface area contributed by atoms with Gasteiger partial charge in [0.25, 0.3) is 0 Å². The molecule has 104 valence electrons. The predicted molar refractivity (Wildman–Crippen MR) is 82.1 cm³/mol. The van der Waals surface area contributed by atoms with Gasteiger partial charge in [-0.05, 0) is 24.3 Å². The second-order valence-corrected chi connectivity index (χ2v) is 4.38. The molecule has 2 aromatic carbocycles. The lowest BCUT2D eigenvalue weighted by Crippen LogP contribution is -1.86. The summed E-state index contributed by atoms with van der Waals surface area (Å²) in [5.41, 5.74) is 3.32. The van der Waals surface area contributed by atoms with E-state index in [1.807, 2.05) is 54.6 Å². The van der Waals surface area contributed by atoms with E-state index in [4.69, 9.17) is 4.74 Å². The zero-order valence-electron chi connectivity index (χ0n) is 11.5. The number of aromatic amines is 1. The molecule has 0 spiro atoms. The van der Waals surface area contributed by atoms with Crippen molar-refractivity contribution < 1.29 is 4.74 Å². The van der Waals surface area contributed by atoms with Gasteiger partial charge in [-0.1, -0.05) is 30.3 Å². The van der Waals surface area contributed by atoms with Gasteiger partial charge >= 0.3 is 0 Å². The standard InChI is InChI=1S/C16H14N4O/c1-21-14-9-7-13(8-10-14)17-11-15-16(19-20-18-15)12-5-3-2-4-6-12/h2-11H,1H3,(H,18,19,20). The maximum Gasteiger partial charge on any atom is 0.131 e. The zero-order chi connectivity index (χ0) is 14.5. The fourth-order valence-corrected chi connectivity index (χ4v) is 1.94. The summed E-state index contributed by atoms with van der Waals surface area (Å²) < 4.78 is 5.12. The van der Waals surface area contributed by atoms with E-state index >= 15 is 0 Å². The molecule has 0 fully saturated rings. The van der Waals surface area contributed by atoms with E-state index in [1.165, 1.54) is 0 Å². The number of aliphatic imine (C=N–C) groups is 1. The number of hydrogen-bond donors (Lipinski definition) is 1. The Labute approximate surface area is 122 Å². The maximum atomic E-state index is 5.12. The monoisotopic (exact) mass is 278 g/mol. The molecule has 0 unspecified atom stereocenters. The fraction of sp³-hybridized carbons (Fsp3) is 0.0625. The van der Waals surface area contributed by atoms with Crippen LogP contribution >= 0.6 is 0 Å². The van der Waals surface area contributed by atoms with Crippen molar-refractivity contribution in [3.8, 4) is 17.0 Å². The summed E-state index contributed by atoms with van der Waals surface area (Å²) >= 11 is 0. The normalized spacial score (nSPS) is 10.9. The van der Waals surface area contributed by atoms with E-state index < -0.39 is 0 Å². The number of hydrogen-bond acceptors (Lipinski definition) is 4. The summed E-state index contributed by atoms with van der Waals surface area (Å²) in [5.74, 6) is 0.806.